The van der Waals surface area contributed by atoms with Crippen molar-refractivity contribution in [3.63, 3.8) is 0 Å². The molecular weight excluding hydrogens is 324 g/mol. The van der Waals surface area contributed by atoms with Crippen LogP contribution in [0.2, 0.25) is 0 Å². The van der Waals surface area contributed by atoms with E-state index in [1.165, 1.54) is 0 Å². The van der Waals surface area contributed by atoms with Crippen LogP contribution in [-0.4, -0.2) is 54.9 Å². The number of benzene rings is 1. The minimum Gasteiger partial charge on any atom is -0.391 e. The molecule has 0 unspecified atom stereocenters. The van der Waals surface area contributed by atoms with Gasteiger partial charge in [-0.15, -0.1) is 0 Å². The van der Waals surface area contributed by atoms with Crippen molar-refractivity contribution in [1.82, 2.24) is 9.88 Å². The predicted molar refractivity (Wildman–Crippen MR) is 107 cm³/mol. The molecule has 1 aliphatic heterocycles. The predicted octanol–water partition coefficient (Wildman–Crippen LogP) is 3.20. The molecule has 0 atom stereocenters. The molecule has 5 heteroatoms. The molecule has 0 saturated carbocycles. The lowest BCUT2D eigenvalue weighted by Gasteiger charge is -2.35. The van der Waals surface area contributed by atoms with Crippen molar-refractivity contribution in [3.8, 4) is 0 Å². The molecule has 1 aliphatic rings. The number of aromatic nitrogens is 1. The zero-order valence-corrected chi connectivity index (χ0v) is 15.1. The van der Waals surface area contributed by atoms with Crippen LogP contribution in [0.5, 0.6) is 0 Å². The quantitative estimate of drug-likeness (QED) is 0.317. The molecule has 26 heavy (non-hydrogen) atoms. The molecule has 0 aliphatic carbocycles. The number of anilines is 1. The van der Waals surface area contributed by atoms with Crippen molar-refractivity contribution >= 4 is 11.5 Å². The fourth-order valence-corrected chi connectivity index (χ4v) is 3.05. The fourth-order valence-electron chi connectivity index (χ4n) is 3.05. The molecule has 0 spiro atoms. The number of piperazine rings is 1. The Balaban J connectivity index is 1.53. The minimum absolute atomic E-state index is 0.430. The van der Waals surface area contributed by atoms with Gasteiger partial charge in [-0.3, -0.25) is 4.90 Å². The summed E-state index contributed by atoms with van der Waals surface area (Å²) in [5, 5.41) is 4.33. The van der Waals surface area contributed by atoms with Crippen molar-refractivity contribution in [2.45, 2.75) is 6.42 Å². The van der Waals surface area contributed by atoms with Crippen LogP contribution in [0.15, 0.2) is 72.5 Å². The first-order valence-corrected chi connectivity index (χ1v) is 9.10. The van der Waals surface area contributed by atoms with E-state index in [1.54, 1.807) is 6.08 Å². The highest BCUT2D eigenvalue weighted by molar-refractivity contribution is 6.00. The van der Waals surface area contributed by atoms with E-state index in [2.05, 4.69) is 44.7 Å². The lowest BCUT2D eigenvalue weighted by molar-refractivity contribution is 0.173. The van der Waals surface area contributed by atoms with E-state index >= 15 is 0 Å². The highest BCUT2D eigenvalue weighted by Crippen LogP contribution is 2.13. The summed E-state index contributed by atoms with van der Waals surface area (Å²) in [6, 6.07) is 16.3. The summed E-state index contributed by atoms with van der Waals surface area (Å²) in [7, 11) is 0. The Labute approximate surface area is 155 Å². The third-order valence-electron chi connectivity index (χ3n) is 4.48. The summed E-state index contributed by atoms with van der Waals surface area (Å²) in [5.41, 5.74) is 2.10. The molecule has 0 N–H and O–H groups in total. The van der Waals surface area contributed by atoms with E-state index in [1.807, 2.05) is 36.5 Å². The first-order valence-electron chi connectivity index (χ1n) is 9.10. The first-order chi connectivity index (χ1) is 12.9. The molecule has 136 valence electrons. The van der Waals surface area contributed by atoms with Gasteiger partial charge in [-0.05, 0) is 17.7 Å². The SMILES string of the molecule is C=CCO/N=C(\CCN1CCN(c2ccccn2)CC1)c1ccccc1. The number of oxime groups is 1. The molecule has 3 rings (SSSR count). The highest BCUT2D eigenvalue weighted by Gasteiger charge is 2.18. The second-order valence-electron chi connectivity index (χ2n) is 6.26. The van der Waals surface area contributed by atoms with Crippen LogP contribution in [0, 0.1) is 0 Å². The molecule has 1 fully saturated rings. The Morgan fingerprint density at radius 2 is 1.85 bits per heavy atom. The average molecular weight is 350 g/mol. The van der Waals surface area contributed by atoms with Gasteiger partial charge < -0.3 is 9.74 Å². The van der Waals surface area contributed by atoms with Gasteiger partial charge in [0.05, 0.1) is 5.71 Å². The number of hydrogen-bond donors (Lipinski definition) is 0. The molecule has 5 nitrogen and oxygen atoms in total. The summed E-state index contributed by atoms with van der Waals surface area (Å²) in [6.07, 6.45) is 4.43. The Bertz CT molecular complexity index is 694. The van der Waals surface area contributed by atoms with Crippen LogP contribution >= 0.6 is 0 Å². The maximum absolute atomic E-state index is 5.35. The largest absolute Gasteiger partial charge is 0.391 e. The molecule has 1 aromatic heterocycles. The average Bonchev–Trinajstić information content (AvgIpc) is 2.72. The van der Waals surface area contributed by atoms with E-state index in [4.69, 9.17) is 4.84 Å². The maximum Gasteiger partial charge on any atom is 0.135 e. The minimum atomic E-state index is 0.430. The lowest BCUT2D eigenvalue weighted by atomic mass is 10.1. The van der Waals surface area contributed by atoms with E-state index in [0.717, 1.165) is 56.2 Å². The number of pyridine rings is 1. The van der Waals surface area contributed by atoms with Gasteiger partial charge in [-0.1, -0.05) is 54.2 Å². The summed E-state index contributed by atoms with van der Waals surface area (Å²) in [4.78, 5) is 14.6. The van der Waals surface area contributed by atoms with Crippen molar-refractivity contribution in [3.05, 3.63) is 72.9 Å². The normalized spacial score (nSPS) is 15.7. The maximum atomic E-state index is 5.35. The fraction of sp³-hybridized carbons (Fsp3) is 0.333. The lowest BCUT2D eigenvalue weighted by Crippen LogP contribution is -2.47. The summed E-state index contributed by atoms with van der Waals surface area (Å²) < 4.78 is 0. The molecule has 0 bridgehead atoms. The van der Waals surface area contributed by atoms with Gasteiger partial charge in [0.2, 0.25) is 0 Å². The Morgan fingerprint density at radius 3 is 2.54 bits per heavy atom. The second-order valence-corrected chi connectivity index (χ2v) is 6.26. The van der Waals surface area contributed by atoms with E-state index < -0.39 is 0 Å². The second kappa shape index (κ2) is 9.73. The van der Waals surface area contributed by atoms with E-state index in [0.29, 0.717) is 6.61 Å². The van der Waals surface area contributed by atoms with Gasteiger partial charge in [-0.2, -0.15) is 0 Å². The van der Waals surface area contributed by atoms with Crippen LogP contribution in [0.4, 0.5) is 5.82 Å². The third-order valence-corrected chi connectivity index (χ3v) is 4.48. The van der Waals surface area contributed by atoms with Crippen molar-refractivity contribution in [2.75, 3.05) is 44.2 Å². The van der Waals surface area contributed by atoms with Gasteiger partial charge in [0.25, 0.3) is 0 Å². The highest BCUT2D eigenvalue weighted by atomic mass is 16.6. The Kier molecular flexibility index (Phi) is 6.79. The van der Waals surface area contributed by atoms with Gasteiger partial charge >= 0.3 is 0 Å². The summed E-state index contributed by atoms with van der Waals surface area (Å²) >= 11 is 0. The van der Waals surface area contributed by atoms with Crippen molar-refractivity contribution in [2.24, 2.45) is 5.16 Å². The van der Waals surface area contributed by atoms with Gasteiger partial charge in [0.15, 0.2) is 0 Å². The van der Waals surface area contributed by atoms with Gasteiger partial charge in [0.1, 0.15) is 12.4 Å². The van der Waals surface area contributed by atoms with Crippen LogP contribution in [0.1, 0.15) is 12.0 Å². The molecule has 1 saturated heterocycles. The number of nitrogens with zero attached hydrogens (tertiary/aromatic N) is 4. The van der Waals surface area contributed by atoms with Crippen LogP contribution in [0.3, 0.4) is 0 Å². The monoisotopic (exact) mass is 350 g/mol. The number of hydrogen-bond acceptors (Lipinski definition) is 5. The number of rotatable bonds is 8. The Hall–Kier alpha value is -2.66. The summed E-state index contributed by atoms with van der Waals surface area (Å²) in [6.45, 7) is 9.14. The van der Waals surface area contributed by atoms with Crippen LogP contribution in [-0.2, 0) is 4.84 Å². The molecule has 2 heterocycles. The van der Waals surface area contributed by atoms with Gasteiger partial charge in [0, 0.05) is 45.3 Å². The van der Waals surface area contributed by atoms with Gasteiger partial charge in [-0.25, -0.2) is 4.98 Å². The van der Waals surface area contributed by atoms with Crippen LogP contribution < -0.4 is 4.90 Å². The Morgan fingerprint density at radius 1 is 1.08 bits per heavy atom. The van der Waals surface area contributed by atoms with Crippen LogP contribution in [0.25, 0.3) is 0 Å². The van der Waals surface area contributed by atoms with Crippen molar-refractivity contribution in [1.29, 1.82) is 0 Å². The standard InChI is InChI=1S/C21H26N4O/c1-2-18-26-23-20(19-8-4-3-5-9-19)11-13-24-14-16-25(17-15-24)21-10-6-7-12-22-21/h2-10,12H,1,11,13-18H2/b23-20+. The smallest absolute Gasteiger partial charge is 0.135 e. The third kappa shape index (κ3) is 5.17. The molecule has 1 aromatic carbocycles. The molecular formula is C21H26N4O. The molecule has 2 aromatic rings. The zero-order valence-electron chi connectivity index (χ0n) is 15.1. The van der Waals surface area contributed by atoms with Crippen molar-refractivity contribution < 1.29 is 4.84 Å². The first kappa shape index (κ1) is 18.1. The van der Waals surface area contributed by atoms with E-state index in [9.17, 15) is 0 Å². The summed E-state index contributed by atoms with van der Waals surface area (Å²) in [5.74, 6) is 1.07. The molecule has 0 amide bonds. The topological polar surface area (TPSA) is 41.0 Å². The molecule has 0 radical (unpaired) electrons. The van der Waals surface area contributed by atoms with E-state index in [-0.39, 0.29) is 0 Å². The zero-order chi connectivity index (χ0) is 18.0.